The van der Waals surface area contributed by atoms with Crippen LogP contribution in [0.2, 0.25) is 0 Å². The van der Waals surface area contributed by atoms with Crippen LogP contribution in [0.3, 0.4) is 0 Å². The summed E-state index contributed by atoms with van der Waals surface area (Å²) in [7, 11) is 0. The van der Waals surface area contributed by atoms with Gasteiger partial charge in [0.15, 0.2) is 0 Å². The van der Waals surface area contributed by atoms with Gasteiger partial charge in [0, 0.05) is 6.92 Å². The van der Waals surface area contributed by atoms with Crippen molar-refractivity contribution in [3.8, 4) is 11.5 Å². The van der Waals surface area contributed by atoms with Gasteiger partial charge in [0.05, 0.1) is 5.41 Å². The van der Waals surface area contributed by atoms with Crippen molar-refractivity contribution in [1.29, 1.82) is 0 Å². The molecule has 0 fully saturated rings. The van der Waals surface area contributed by atoms with E-state index in [0.717, 1.165) is 34.4 Å². The molecule has 0 bridgehead atoms. The highest BCUT2D eigenvalue weighted by atomic mass is 16.5. The van der Waals surface area contributed by atoms with Gasteiger partial charge in [0.25, 0.3) is 0 Å². The lowest BCUT2D eigenvalue weighted by atomic mass is 9.65. The quantitative estimate of drug-likeness (QED) is 0.153. The predicted octanol–water partition coefficient (Wildman–Crippen LogP) is 7.56. The molecule has 0 spiro atoms. The average molecular weight is 465 g/mol. The van der Waals surface area contributed by atoms with Crippen LogP contribution in [0.4, 0.5) is 0 Å². The summed E-state index contributed by atoms with van der Waals surface area (Å²) in [5, 5.41) is 0. The number of ether oxygens (including phenoxy) is 2. The van der Waals surface area contributed by atoms with Crippen LogP contribution < -0.4 is 9.47 Å². The molecule has 0 aliphatic heterocycles. The maximum absolute atomic E-state index is 11.5. The summed E-state index contributed by atoms with van der Waals surface area (Å²) < 4.78 is 11.6. The number of benzene rings is 4. The summed E-state index contributed by atoms with van der Waals surface area (Å²) >= 11 is 0. The van der Waals surface area contributed by atoms with Crippen molar-refractivity contribution < 1.29 is 14.3 Å². The van der Waals surface area contributed by atoms with Crippen molar-refractivity contribution in [2.75, 3.05) is 0 Å². The van der Waals surface area contributed by atoms with Gasteiger partial charge in [-0.05, 0) is 66.8 Å². The summed E-state index contributed by atoms with van der Waals surface area (Å²) in [6, 6.07) is 37.2. The topological polar surface area (TPSA) is 35.5 Å². The molecule has 0 aliphatic rings. The van der Waals surface area contributed by atoms with Crippen LogP contribution in [-0.2, 0) is 10.2 Å². The minimum Gasteiger partial charge on any atom is -0.488 e. The third kappa shape index (κ3) is 5.14. The Kier molecular flexibility index (Phi) is 7.07. The molecular formula is C32H32O3. The minimum absolute atomic E-state index is 0.232. The van der Waals surface area contributed by atoms with Gasteiger partial charge in [-0.2, -0.15) is 0 Å². The van der Waals surface area contributed by atoms with Crippen LogP contribution in [0.15, 0.2) is 109 Å². The van der Waals surface area contributed by atoms with Gasteiger partial charge in [-0.25, -0.2) is 0 Å². The lowest BCUT2D eigenvalue weighted by Crippen LogP contribution is -2.31. The zero-order chi connectivity index (χ0) is 24.9. The fraction of sp³-hybridized carbons (Fsp3) is 0.219. The normalized spacial score (nSPS) is 11.7. The van der Waals surface area contributed by atoms with E-state index in [1.54, 1.807) is 0 Å². The molecule has 0 atom stereocenters. The Morgan fingerprint density at radius 3 is 1.43 bits per heavy atom. The molecule has 0 aromatic heterocycles. The first kappa shape index (κ1) is 24.3. The standard InChI is InChI=1S/C32H32O3/c1-5-31(3,4)35-30-22-18-28(19-23-30)32(25-12-8-6-9-13-25,26-14-10-7-11-15-26)27-16-20-29(21-17-27)34-24(2)33/h6-23H,5H2,1-4H3. The molecule has 0 unspecified atom stereocenters. The summed E-state index contributed by atoms with van der Waals surface area (Å²) in [6.07, 6.45) is 0.918. The molecule has 0 saturated heterocycles. The first-order valence-corrected chi connectivity index (χ1v) is 12.0. The van der Waals surface area contributed by atoms with Gasteiger partial charge in [0.1, 0.15) is 17.1 Å². The molecule has 0 heterocycles. The molecule has 3 nitrogen and oxygen atoms in total. The molecule has 0 amide bonds. The van der Waals surface area contributed by atoms with E-state index in [0.29, 0.717) is 5.75 Å². The Morgan fingerprint density at radius 2 is 1.03 bits per heavy atom. The maximum Gasteiger partial charge on any atom is 0.308 e. The Labute approximate surface area is 208 Å². The lowest BCUT2D eigenvalue weighted by Gasteiger charge is -2.37. The molecule has 4 aromatic carbocycles. The first-order chi connectivity index (χ1) is 16.8. The Bertz CT molecular complexity index is 1200. The molecule has 0 N–H and O–H groups in total. The second kappa shape index (κ2) is 10.2. The molecule has 3 heteroatoms. The third-order valence-corrected chi connectivity index (χ3v) is 6.50. The zero-order valence-corrected chi connectivity index (χ0v) is 20.8. The summed E-state index contributed by atoms with van der Waals surface area (Å²) in [5.41, 5.74) is 3.69. The molecular weight excluding hydrogens is 432 g/mol. The Balaban J connectivity index is 1.93. The van der Waals surface area contributed by atoms with Crippen LogP contribution in [0.25, 0.3) is 0 Å². The van der Waals surface area contributed by atoms with E-state index in [9.17, 15) is 4.79 Å². The molecule has 178 valence electrons. The van der Waals surface area contributed by atoms with Crippen LogP contribution in [-0.4, -0.2) is 11.6 Å². The number of hydrogen-bond donors (Lipinski definition) is 0. The van der Waals surface area contributed by atoms with Crippen LogP contribution in [0.1, 0.15) is 56.4 Å². The summed E-state index contributed by atoms with van der Waals surface area (Å²) in [6.45, 7) is 7.74. The van der Waals surface area contributed by atoms with Crippen molar-refractivity contribution in [3.63, 3.8) is 0 Å². The second-order valence-electron chi connectivity index (χ2n) is 9.34. The summed E-state index contributed by atoms with van der Waals surface area (Å²) in [4.78, 5) is 11.5. The number of carbonyl (C=O) groups is 1. The van der Waals surface area contributed by atoms with E-state index >= 15 is 0 Å². The van der Waals surface area contributed by atoms with Gasteiger partial charge in [-0.3, -0.25) is 4.79 Å². The van der Waals surface area contributed by atoms with Crippen molar-refractivity contribution >= 4 is 5.97 Å². The summed E-state index contributed by atoms with van der Waals surface area (Å²) in [5.74, 6) is 1.04. The van der Waals surface area contributed by atoms with Gasteiger partial charge in [-0.15, -0.1) is 0 Å². The van der Waals surface area contributed by atoms with E-state index in [1.165, 1.54) is 6.92 Å². The first-order valence-electron chi connectivity index (χ1n) is 12.0. The average Bonchev–Trinajstić information content (AvgIpc) is 2.87. The fourth-order valence-corrected chi connectivity index (χ4v) is 4.48. The molecule has 0 aliphatic carbocycles. The van der Waals surface area contributed by atoms with E-state index in [-0.39, 0.29) is 11.6 Å². The molecule has 0 saturated carbocycles. The largest absolute Gasteiger partial charge is 0.488 e. The smallest absolute Gasteiger partial charge is 0.308 e. The highest BCUT2D eigenvalue weighted by Crippen LogP contribution is 2.45. The monoisotopic (exact) mass is 464 g/mol. The zero-order valence-electron chi connectivity index (χ0n) is 20.8. The molecule has 35 heavy (non-hydrogen) atoms. The van der Waals surface area contributed by atoms with Gasteiger partial charge in [0.2, 0.25) is 0 Å². The predicted molar refractivity (Wildman–Crippen MR) is 141 cm³/mol. The third-order valence-electron chi connectivity index (χ3n) is 6.50. The number of esters is 1. The van der Waals surface area contributed by atoms with Crippen molar-refractivity contribution in [3.05, 3.63) is 131 Å². The highest BCUT2D eigenvalue weighted by molar-refractivity contribution is 5.69. The van der Waals surface area contributed by atoms with Crippen LogP contribution in [0, 0.1) is 0 Å². The molecule has 4 aromatic rings. The highest BCUT2D eigenvalue weighted by Gasteiger charge is 2.38. The Morgan fingerprint density at radius 1 is 0.629 bits per heavy atom. The van der Waals surface area contributed by atoms with E-state index in [1.807, 2.05) is 36.4 Å². The SMILES string of the molecule is CCC(C)(C)Oc1ccc(C(c2ccccc2)(c2ccccc2)c2ccc(OC(C)=O)cc2)cc1. The molecule has 0 radical (unpaired) electrons. The van der Waals surface area contributed by atoms with E-state index < -0.39 is 5.41 Å². The second-order valence-corrected chi connectivity index (χ2v) is 9.34. The minimum atomic E-state index is -0.573. The van der Waals surface area contributed by atoms with Crippen LogP contribution in [0.5, 0.6) is 11.5 Å². The van der Waals surface area contributed by atoms with Gasteiger partial charge < -0.3 is 9.47 Å². The van der Waals surface area contributed by atoms with Gasteiger partial charge >= 0.3 is 5.97 Å². The van der Waals surface area contributed by atoms with E-state index in [4.69, 9.17) is 9.47 Å². The maximum atomic E-state index is 11.5. The number of rotatable bonds is 8. The molecule has 4 rings (SSSR count). The number of carbonyl (C=O) groups excluding carboxylic acids is 1. The van der Waals surface area contributed by atoms with Gasteiger partial charge in [-0.1, -0.05) is 91.9 Å². The van der Waals surface area contributed by atoms with E-state index in [2.05, 4.69) is 93.6 Å². The fourth-order valence-electron chi connectivity index (χ4n) is 4.48. The Hall–Kier alpha value is -3.85. The van der Waals surface area contributed by atoms with Crippen molar-refractivity contribution in [2.24, 2.45) is 0 Å². The lowest BCUT2D eigenvalue weighted by molar-refractivity contribution is -0.131. The van der Waals surface area contributed by atoms with Crippen molar-refractivity contribution in [1.82, 2.24) is 0 Å². The van der Waals surface area contributed by atoms with Crippen LogP contribution >= 0.6 is 0 Å². The van der Waals surface area contributed by atoms with Crippen molar-refractivity contribution in [2.45, 2.75) is 45.1 Å². The number of hydrogen-bond acceptors (Lipinski definition) is 3.